The summed E-state index contributed by atoms with van der Waals surface area (Å²) in [5, 5.41) is 38.4. The van der Waals surface area contributed by atoms with Crippen LogP contribution in [0.3, 0.4) is 0 Å². The molecule has 3 amide bonds. The van der Waals surface area contributed by atoms with E-state index in [1.54, 1.807) is 21.9 Å². The molecule has 5 N–H and O–H groups in total. The maximum absolute atomic E-state index is 13.1. The summed E-state index contributed by atoms with van der Waals surface area (Å²) >= 11 is 1.39. The Morgan fingerprint density at radius 1 is 1.21 bits per heavy atom. The fraction of sp³-hybridized carbons (Fsp3) is 0.667. The second-order valence-electron chi connectivity index (χ2n) is 9.86. The molecule has 3 rings (SSSR count). The molecule has 0 aromatic heterocycles. The molecule has 216 valence electrons. The number of nitrogens with zero attached hydrogens (tertiary/aromatic N) is 4. The van der Waals surface area contributed by atoms with Crippen LogP contribution in [0.4, 0.5) is 16.2 Å². The molecule has 11 nitrogen and oxygen atoms in total. The van der Waals surface area contributed by atoms with Crippen molar-refractivity contribution in [2.75, 3.05) is 69.6 Å². The van der Waals surface area contributed by atoms with Gasteiger partial charge in [-0.05, 0) is 63.5 Å². The van der Waals surface area contributed by atoms with E-state index in [1.165, 1.54) is 24.6 Å². The summed E-state index contributed by atoms with van der Waals surface area (Å²) < 4.78 is 0. The number of urea groups is 1. The average Bonchev–Trinajstić information content (AvgIpc) is 3.56. The van der Waals surface area contributed by atoms with Gasteiger partial charge in [-0.3, -0.25) is 9.69 Å². The number of nitrogens with one attached hydrogen (secondary N) is 3. The molecule has 0 bridgehead atoms. The molecule has 39 heavy (non-hydrogen) atoms. The number of likely N-dealkylation sites (tertiary alicyclic amines) is 1. The van der Waals surface area contributed by atoms with Crippen LogP contribution in [0.2, 0.25) is 0 Å². The van der Waals surface area contributed by atoms with E-state index >= 15 is 0 Å². The maximum Gasteiger partial charge on any atom is 0.319 e. The van der Waals surface area contributed by atoms with E-state index < -0.39 is 22.8 Å². The van der Waals surface area contributed by atoms with Gasteiger partial charge in [0.2, 0.25) is 5.91 Å². The van der Waals surface area contributed by atoms with Crippen molar-refractivity contribution in [3.63, 3.8) is 0 Å². The molecule has 1 aromatic rings. The predicted octanol–water partition coefficient (Wildman–Crippen LogP) is 1.77. The standard InChI is InChI=1S/C27H43N7O4S/c1-3-12-33(16-17-35)24(36)22(18-28)26-34(4-2)25(37)23(39-26)19-30-20-7-9-21(10-8-20)31-27(38)29-11-15-32-13-5-6-14-32/h7-10,22-24,26,30,35-36H,3-6,11-17,19H2,1-2H3,(H2,29,31,38). The van der Waals surface area contributed by atoms with Gasteiger partial charge in [0.15, 0.2) is 0 Å². The van der Waals surface area contributed by atoms with Gasteiger partial charge in [-0.15, -0.1) is 11.8 Å². The first-order valence-corrected chi connectivity index (χ1v) is 14.9. The lowest BCUT2D eigenvalue weighted by molar-refractivity contribution is -0.131. The Hall–Kier alpha value is -2.56. The van der Waals surface area contributed by atoms with Gasteiger partial charge >= 0.3 is 6.03 Å². The van der Waals surface area contributed by atoms with Crippen LogP contribution < -0.4 is 16.0 Å². The zero-order chi connectivity index (χ0) is 28.2. The minimum absolute atomic E-state index is 0.0689. The lowest BCUT2D eigenvalue weighted by Crippen LogP contribution is -2.49. The molecule has 2 saturated heterocycles. The van der Waals surface area contributed by atoms with Crippen LogP contribution in [0.15, 0.2) is 24.3 Å². The zero-order valence-electron chi connectivity index (χ0n) is 23.0. The van der Waals surface area contributed by atoms with Crippen molar-refractivity contribution in [1.29, 1.82) is 5.26 Å². The normalized spacial score (nSPS) is 21.1. The summed E-state index contributed by atoms with van der Waals surface area (Å²) in [5.74, 6) is -0.880. The van der Waals surface area contributed by atoms with Crippen LogP contribution in [-0.4, -0.2) is 113 Å². The molecule has 12 heteroatoms. The summed E-state index contributed by atoms with van der Waals surface area (Å²) in [6, 6.07) is 9.28. The Morgan fingerprint density at radius 3 is 2.51 bits per heavy atom. The van der Waals surface area contributed by atoms with Crippen molar-refractivity contribution in [3.05, 3.63) is 24.3 Å². The van der Waals surface area contributed by atoms with Gasteiger partial charge in [-0.25, -0.2) is 4.79 Å². The third-order valence-electron chi connectivity index (χ3n) is 7.11. The van der Waals surface area contributed by atoms with E-state index in [4.69, 9.17) is 0 Å². The van der Waals surface area contributed by atoms with Crippen molar-refractivity contribution < 1.29 is 19.8 Å². The second-order valence-corrected chi connectivity index (χ2v) is 11.2. The number of aliphatic hydroxyl groups excluding tert-OH is 2. The smallest absolute Gasteiger partial charge is 0.319 e. The number of hydrogen-bond acceptors (Lipinski definition) is 9. The van der Waals surface area contributed by atoms with Gasteiger partial charge in [-0.2, -0.15) is 5.26 Å². The third-order valence-corrected chi connectivity index (χ3v) is 8.63. The molecule has 2 fully saturated rings. The highest BCUT2D eigenvalue weighted by molar-refractivity contribution is 8.01. The Bertz CT molecular complexity index is 948. The number of anilines is 2. The van der Waals surface area contributed by atoms with E-state index in [1.807, 2.05) is 26.0 Å². The van der Waals surface area contributed by atoms with Gasteiger partial charge in [0.05, 0.1) is 18.0 Å². The number of carbonyl (C=O) groups is 2. The van der Waals surface area contributed by atoms with Crippen LogP contribution in [0, 0.1) is 17.2 Å². The highest BCUT2D eigenvalue weighted by Crippen LogP contribution is 2.38. The van der Waals surface area contributed by atoms with Crippen LogP contribution >= 0.6 is 11.8 Å². The molecule has 0 aliphatic carbocycles. The number of nitriles is 1. The molecule has 1 aromatic carbocycles. The largest absolute Gasteiger partial charge is 0.395 e. The zero-order valence-corrected chi connectivity index (χ0v) is 23.8. The number of benzene rings is 1. The van der Waals surface area contributed by atoms with E-state index in [0.717, 1.165) is 31.7 Å². The molecule has 2 aliphatic rings. The Morgan fingerprint density at radius 2 is 1.90 bits per heavy atom. The molecular weight excluding hydrogens is 518 g/mol. The van der Waals surface area contributed by atoms with E-state index in [9.17, 15) is 25.1 Å². The quantitative estimate of drug-likeness (QED) is 0.202. The highest BCUT2D eigenvalue weighted by atomic mass is 32.2. The number of carbonyl (C=O) groups excluding carboxylic acids is 2. The van der Waals surface area contributed by atoms with E-state index in [0.29, 0.717) is 31.9 Å². The first-order valence-electron chi connectivity index (χ1n) is 13.9. The molecule has 0 radical (unpaired) electrons. The van der Waals surface area contributed by atoms with Crippen molar-refractivity contribution in [1.82, 2.24) is 20.0 Å². The number of aliphatic hydroxyl groups is 2. The summed E-state index contributed by atoms with van der Waals surface area (Å²) in [6.45, 7) is 9.01. The number of amides is 3. The van der Waals surface area contributed by atoms with Gasteiger partial charge in [0, 0.05) is 50.6 Å². The van der Waals surface area contributed by atoms with E-state index in [-0.39, 0.29) is 25.1 Å². The maximum atomic E-state index is 13.1. The van der Waals surface area contributed by atoms with Gasteiger partial charge in [-0.1, -0.05) is 6.92 Å². The second kappa shape index (κ2) is 15.9. The molecule has 2 heterocycles. The number of thioether (sulfide) groups is 1. The van der Waals surface area contributed by atoms with Gasteiger partial charge < -0.3 is 36.0 Å². The molecule has 0 saturated carbocycles. The molecule has 0 spiro atoms. The summed E-state index contributed by atoms with van der Waals surface area (Å²) in [6.07, 6.45) is 2.15. The fourth-order valence-corrected chi connectivity index (χ4v) is 6.59. The van der Waals surface area contributed by atoms with Crippen molar-refractivity contribution >= 4 is 35.1 Å². The number of rotatable bonds is 15. The van der Waals surface area contributed by atoms with Crippen LogP contribution in [-0.2, 0) is 4.79 Å². The van der Waals surface area contributed by atoms with Crippen LogP contribution in [0.25, 0.3) is 0 Å². The Balaban J connectivity index is 1.51. The highest BCUT2D eigenvalue weighted by Gasteiger charge is 2.46. The van der Waals surface area contributed by atoms with Crippen LogP contribution in [0.5, 0.6) is 0 Å². The molecule has 2 aliphatic heterocycles. The SMILES string of the molecule is CCCN(CCO)C(O)C(C#N)C1SC(CNc2ccc(NC(=O)NCCN3CCCC3)cc2)C(=O)N1CC. The minimum Gasteiger partial charge on any atom is -0.395 e. The minimum atomic E-state index is -1.08. The Labute approximate surface area is 235 Å². The van der Waals surface area contributed by atoms with Crippen molar-refractivity contribution in [2.24, 2.45) is 5.92 Å². The topological polar surface area (TPSA) is 144 Å². The fourth-order valence-electron chi connectivity index (χ4n) is 5.05. The Kier molecular flexibility index (Phi) is 12.6. The third kappa shape index (κ3) is 8.71. The van der Waals surface area contributed by atoms with Crippen molar-refractivity contribution in [3.8, 4) is 6.07 Å². The number of hydrogen-bond donors (Lipinski definition) is 5. The van der Waals surface area contributed by atoms with E-state index in [2.05, 4.69) is 26.9 Å². The molecule has 4 unspecified atom stereocenters. The average molecular weight is 562 g/mol. The first-order chi connectivity index (χ1) is 18.9. The summed E-state index contributed by atoms with van der Waals surface area (Å²) in [4.78, 5) is 31.0. The predicted molar refractivity (Wildman–Crippen MR) is 154 cm³/mol. The summed E-state index contributed by atoms with van der Waals surface area (Å²) in [5.41, 5.74) is 1.48. The van der Waals surface area contributed by atoms with Crippen LogP contribution in [0.1, 0.15) is 33.1 Å². The summed E-state index contributed by atoms with van der Waals surface area (Å²) in [7, 11) is 0. The van der Waals surface area contributed by atoms with Crippen molar-refractivity contribution in [2.45, 2.75) is 50.0 Å². The monoisotopic (exact) mass is 561 g/mol. The van der Waals surface area contributed by atoms with Gasteiger partial charge in [0.1, 0.15) is 17.4 Å². The lowest BCUT2D eigenvalue weighted by atomic mass is 10.1. The molecule has 4 atom stereocenters. The lowest BCUT2D eigenvalue weighted by Gasteiger charge is -2.34. The first kappa shape index (κ1) is 31.0. The van der Waals surface area contributed by atoms with Gasteiger partial charge in [0.25, 0.3) is 0 Å². The molecular formula is C27H43N7O4S.